The summed E-state index contributed by atoms with van der Waals surface area (Å²) in [5.74, 6) is -1.81. The van der Waals surface area contributed by atoms with Gasteiger partial charge >= 0.3 is 11.7 Å². The van der Waals surface area contributed by atoms with Crippen LogP contribution in [0, 0.1) is 17.0 Å². The highest BCUT2D eigenvalue weighted by Gasteiger charge is 2.20. The maximum absolute atomic E-state index is 12.3. The van der Waals surface area contributed by atoms with Crippen LogP contribution in [0.5, 0.6) is 5.75 Å². The van der Waals surface area contributed by atoms with Crippen molar-refractivity contribution in [3.8, 4) is 5.75 Å². The number of carbonyl (C=O) groups excluding carboxylic acids is 1. The molecular weight excluding hydrogens is 316 g/mol. The van der Waals surface area contributed by atoms with Gasteiger partial charge in [0.05, 0.1) is 23.3 Å². The molecule has 0 bridgehead atoms. The van der Waals surface area contributed by atoms with Crippen LogP contribution in [0.1, 0.15) is 26.3 Å². The van der Waals surface area contributed by atoms with Crippen LogP contribution in [-0.2, 0) is 0 Å². The van der Waals surface area contributed by atoms with Gasteiger partial charge in [0.1, 0.15) is 0 Å². The van der Waals surface area contributed by atoms with Crippen molar-refractivity contribution in [3.05, 3.63) is 63.2 Å². The predicted molar refractivity (Wildman–Crippen MR) is 85.7 cm³/mol. The van der Waals surface area contributed by atoms with Gasteiger partial charge in [-0.3, -0.25) is 14.9 Å². The molecule has 0 heterocycles. The zero-order valence-corrected chi connectivity index (χ0v) is 12.9. The number of carboxylic acid groups (broad SMARTS) is 1. The van der Waals surface area contributed by atoms with Gasteiger partial charge in [0, 0.05) is 11.6 Å². The van der Waals surface area contributed by atoms with E-state index in [1.807, 2.05) is 0 Å². The summed E-state index contributed by atoms with van der Waals surface area (Å²) >= 11 is 0. The number of aryl methyl sites for hydroxylation is 1. The van der Waals surface area contributed by atoms with Gasteiger partial charge in [0.15, 0.2) is 5.75 Å². The second-order valence-corrected chi connectivity index (χ2v) is 4.90. The second-order valence-electron chi connectivity index (χ2n) is 4.90. The van der Waals surface area contributed by atoms with E-state index in [2.05, 4.69) is 5.32 Å². The van der Waals surface area contributed by atoms with Crippen LogP contribution in [0.2, 0.25) is 0 Å². The third-order valence-corrected chi connectivity index (χ3v) is 3.38. The largest absolute Gasteiger partial charge is 0.490 e. The van der Waals surface area contributed by atoms with Gasteiger partial charge in [-0.2, -0.15) is 0 Å². The molecule has 0 saturated carbocycles. The van der Waals surface area contributed by atoms with Gasteiger partial charge in [-0.15, -0.1) is 0 Å². The SMILES string of the molecule is COc1ccc(C(=O)Nc2c(C)cccc2C(=O)O)cc1[N+](=O)[O-]. The fraction of sp³-hybridized carbons (Fsp3) is 0.125. The van der Waals surface area contributed by atoms with Crippen molar-refractivity contribution in [2.24, 2.45) is 0 Å². The molecule has 0 atom stereocenters. The summed E-state index contributed by atoms with van der Waals surface area (Å²) in [6, 6.07) is 8.32. The van der Waals surface area contributed by atoms with Gasteiger partial charge in [-0.1, -0.05) is 12.1 Å². The first-order chi connectivity index (χ1) is 11.3. The lowest BCUT2D eigenvalue weighted by Crippen LogP contribution is -2.16. The number of ether oxygens (including phenoxy) is 1. The van der Waals surface area contributed by atoms with Crippen molar-refractivity contribution in [2.75, 3.05) is 12.4 Å². The molecule has 2 rings (SSSR count). The number of nitrogens with one attached hydrogen (secondary N) is 1. The zero-order valence-electron chi connectivity index (χ0n) is 12.9. The number of para-hydroxylation sites is 1. The van der Waals surface area contributed by atoms with E-state index in [9.17, 15) is 24.8 Å². The number of amides is 1. The maximum atomic E-state index is 12.3. The summed E-state index contributed by atoms with van der Waals surface area (Å²) in [6.45, 7) is 1.65. The third kappa shape index (κ3) is 3.32. The Kier molecular flexibility index (Phi) is 4.78. The number of nitrogens with zero attached hydrogens (tertiary/aromatic N) is 1. The minimum atomic E-state index is -1.19. The minimum Gasteiger partial charge on any atom is -0.490 e. The van der Waals surface area contributed by atoms with Crippen LogP contribution in [0.3, 0.4) is 0 Å². The Morgan fingerprint density at radius 2 is 1.96 bits per heavy atom. The van der Waals surface area contributed by atoms with Crippen molar-refractivity contribution in [3.63, 3.8) is 0 Å². The average Bonchev–Trinajstić information content (AvgIpc) is 2.55. The Hall–Kier alpha value is -3.42. The van der Waals surface area contributed by atoms with E-state index in [1.165, 1.54) is 25.3 Å². The lowest BCUT2D eigenvalue weighted by molar-refractivity contribution is -0.385. The number of rotatable bonds is 5. The standard InChI is InChI=1S/C16H14N2O6/c1-9-4-3-5-11(16(20)21)14(9)17-15(19)10-6-7-13(24-2)12(8-10)18(22)23/h3-8H,1-2H3,(H,17,19)(H,20,21). The lowest BCUT2D eigenvalue weighted by atomic mass is 10.1. The van der Waals surface area contributed by atoms with Gasteiger partial charge in [0.25, 0.3) is 5.91 Å². The normalized spacial score (nSPS) is 10.1. The molecule has 1 amide bonds. The molecule has 8 heteroatoms. The summed E-state index contributed by atoms with van der Waals surface area (Å²) < 4.78 is 4.88. The summed E-state index contributed by atoms with van der Waals surface area (Å²) in [5, 5.41) is 22.7. The van der Waals surface area contributed by atoms with Crippen LogP contribution >= 0.6 is 0 Å². The number of methoxy groups -OCH3 is 1. The van der Waals surface area contributed by atoms with Crippen LogP contribution in [-0.4, -0.2) is 29.0 Å². The molecule has 0 aliphatic carbocycles. The number of hydrogen-bond donors (Lipinski definition) is 2. The van der Waals surface area contributed by atoms with Gasteiger partial charge in [-0.05, 0) is 30.7 Å². The van der Waals surface area contributed by atoms with Crippen LogP contribution in [0.15, 0.2) is 36.4 Å². The Morgan fingerprint density at radius 1 is 1.25 bits per heavy atom. The number of carboxylic acids is 1. The predicted octanol–water partition coefficient (Wildman–Crippen LogP) is 2.86. The summed E-state index contributed by atoms with van der Waals surface area (Å²) in [4.78, 5) is 34.0. The molecule has 2 N–H and O–H groups in total. The molecular formula is C16H14N2O6. The molecule has 0 unspecified atom stereocenters. The summed E-state index contributed by atoms with van der Waals surface area (Å²) in [6.07, 6.45) is 0. The highest BCUT2D eigenvalue weighted by Crippen LogP contribution is 2.28. The minimum absolute atomic E-state index is 0.0158. The Bertz CT molecular complexity index is 831. The van der Waals surface area contributed by atoms with E-state index in [1.54, 1.807) is 19.1 Å². The van der Waals surface area contributed by atoms with Crippen LogP contribution in [0.25, 0.3) is 0 Å². The molecule has 8 nitrogen and oxygen atoms in total. The molecule has 0 fully saturated rings. The highest BCUT2D eigenvalue weighted by atomic mass is 16.6. The zero-order chi connectivity index (χ0) is 17.9. The monoisotopic (exact) mass is 330 g/mol. The van der Waals surface area contributed by atoms with E-state index >= 15 is 0 Å². The van der Waals surface area contributed by atoms with Gasteiger partial charge < -0.3 is 15.2 Å². The first-order valence-electron chi connectivity index (χ1n) is 6.82. The fourth-order valence-electron chi connectivity index (χ4n) is 2.17. The number of hydrogen-bond acceptors (Lipinski definition) is 5. The molecule has 0 aliphatic heterocycles. The van der Waals surface area contributed by atoms with Crippen molar-refractivity contribution >= 4 is 23.3 Å². The highest BCUT2D eigenvalue weighted by molar-refractivity contribution is 6.08. The average molecular weight is 330 g/mol. The fourth-order valence-corrected chi connectivity index (χ4v) is 2.17. The Morgan fingerprint density at radius 3 is 2.54 bits per heavy atom. The molecule has 0 spiro atoms. The maximum Gasteiger partial charge on any atom is 0.337 e. The van der Waals surface area contributed by atoms with E-state index in [-0.39, 0.29) is 28.3 Å². The van der Waals surface area contributed by atoms with Crippen molar-refractivity contribution in [2.45, 2.75) is 6.92 Å². The molecule has 0 radical (unpaired) electrons. The summed E-state index contributed by atoms with van der Waals surface area (Å²) in [7, 11) is 1.29. The topological polar surface area (TPSA) is 119 Å². The van der Waals surface area contributed by atoms with E-state index < -0.39 is 16.8 Å². The number of aromatic carboxylic acids is 1. The Labute approximate surface area is 136 Å². The molecule has 0 aromatic heterocycles. The number of carbonyl (C=O) groups is 2. The molecule has 0 saturated heterocycles. The first kappa shape index (κ1) is 16.9. The summed E-state index contributed by atoms with van der Waals surface area (Å²) in [5.41, 5.74) is 0.307. The number of nitro benzene ring substituents is 1. The van der Waals surface area contributed by atoms with Crippen LogP contribution in [0.4, 0.5) is 11.4 Å². The first-order valence-corrected chi connectivity index (χ1v) is 6.82. The van der Waals surface area contributed by atoms with Crippen LogP contribution < -0.4 is 10.1 Å². The lowest BCUT2D eigenvalue weighted by Gasteiger charge is -2.12. The Balaban J connectivity index is 2.40. The molecule has 2 aromatic rings. The van der Waals surface area contributed by atoms with Gasteiger partial charge in [-0.25, -0.2) is 4.79 Å². The third-order valence-electron chi connectivity index (χ3n) is 3.38. The number of anilines is 1. The van der Waals surface area contributed by atoms with Crippen molar-refractivity contribution in [1.82, 2.24) is 0 Å². The van der Waals surface area contributed by atoms with E-state index in [0.29, 0.717) is 5.56 Å². The molecule has 124 valence electrons. The van der Waals surface area contributed by atoms with E-state index in [0.717, 1.165) is 6.07 Å². The molecule has 2 aromatic carbocycles. The molecule has 24 heavy (non-hydrogen) atoms. The van der Waals surface area contributed by atoms with E-state index in [4.69, 9.17) is 4.74 Å². The van der Waals surface area contributed by atoms with Gasteiger partial charge in [0.2, 0.25) is 0 Å². The second kappa shape index (κ2) is 6.78. The smallest absolute Gasteiger partial charge is 0.337 e. The van der Waals surface area contributed by atoms with Crippen molar-refractivity contribution < 1.29 is 24.4 Å². The van der Waals surface area contributed by atoms with Crippen molar-refractivity contribution in [1.29, 1.82) is 0 Å². The molecule has 0 aliphatic rings. The quantitative estimate of drug-likeness (QED) is 0.642. The number of nitro groups is 1. The number of benzene rings is 2.